The van der Waals surface area contributed by atoms with Gasteiger partial charge in [-0.3, -0.25) is 4.90 Å². The van der Waals surface area contributed by atoms with E-state index in [1.165, 1.54) is 23.1 Å². The minimum absolute atomic E-state index is 1.03. The summed E-state index contributed by atoms with van der Waals surface area (Å²) >= 11 is 0. The zero-order valence-electron chi connectivity index (χ0n) is 10.9. The van der Waals surface area contributed by atoms with Crippen molar-refractivity contribution in [3.63, 3.8) is 0 Å². The summed E-state index contributed by atoms with van der Waals surface area (Å²) < 4.78 is 0. The van der Waals surface area contributed by atoms with E-state index in [2.05, 4.69) is 42.3 Å². The summed E-state index contributed by atoms with van der Waals surface area (Å²) in [6.07, 6.45) is 8.00. The van der Waals surface area contributed by atoms with Crippen molar-refractivity contribution in [1.82, 2.24) is 4.90 Å². The lowest BCUT2D eigenvalue weighted by Crippen LogP contribution is -2.31. The molecular formula is C17H21N. The van der Waals surface area contributed by atoms with Crippen molar-refractivity contribution in [1.29, 1.82) is 0 Å². The highest BCUT2D eigenvalue weighted by atomic mass is 15.1. The van der Waals surface area contributed by atoms with Crippen LogP contribution in [-0.4, -0.2) is 18.0 Å². The molecule has 0 aromatic heterocycles. The molecule has 1 aromatic rings. The fourth-order valence-electron chi connectivity index (χ4n) is 2.33. The van der Waals surface area contributed by atoms with E-state index in [9.17, 15) is 0 Å². The number of benzene rings is 1. The highest BCUT2D eigenvalue weighted by Crippen LogP contribution is 2.19. The lowest BCUT2D eigenvalue weighted by Gasteiger charge is -2.28. The third-order valence-corrected chi connectivity index (χ3v) is 3.43. The standard InChI is InChI=1S/C17H21N/c1-3-4-7-15(2)10-12-18-13-11-16-8-5-6-9-17(16)14-18/h3-9H,1-2,10-14H2. The second-order valence-corrected chi connectivity index (χ2v) is 4.80. The Kier molecular flexibility index (Phi) is 4.54. The molecule has 0 radical (unpaired) electrons. The minimum Gasteiger partial charge on any atom is -0.298 e. The first kappa shape index (κ1) is 12.8. The van der Waals surface area contributed by atoms with E-state index in [-0.39, 0.29) is 0 Å². The summed E-state index contributed by atoms with van der Waals surface area (Å²) in [5, 5.41) is 0. The third kappa shape index (κ3) is 3.44. The lowest BCUT2D eigenvalue weighted by atomic mass is 9.99. The number of fused-ring (bicyclic) bond motifs is 1. The summed E-state index contributed by atoms with van der Waals surface area (Å²) in [5.74, 6) is 0. The normalized spacial score (nSPS) is 15.6. The number of nitrogens with zero attached hydrogens (tertiary/aromatic N) is 1. The molecule has 0 spiro atoms. The summed E-state index contributed by atoms with van der Waals surface area (Å²) in [7, 11) is 0. The number of hydrogen-bond acceptors (Lipinski definition) is 1. The van der Waals surface area contributed by atoms with Crippen LogP contribution >= 0.6 is 0 Å². The second kappa shape index (κ2) is 6.36. The molecule has 0 unspecified atom stereocenters. The zero-order valence-corrected chi connectivity index (χ0v) is 10.9. The van der Waals surface area contributed by atoms with Crippen LogP contribution in [0.25, 0.3) is 0 Å². The molecule has 18 heavy (non-hydrogen) atoms. The summed E-state index contributed by atoms with van der Waals surface area (Å²) in [5.41, 5.74) is 4.17. The predicted molar refractivity (Wildman–Crippen MR) is 78.5 cm³/mol. The first-order valence-electron chi connectivity index (χ1n) is 6.55. The molecule has 0 saturated carbocycles. The molecule has 1 heteroatoms. The van der Waals surface area contributed by atoms with Crippen LogP contribution in [0.1, 0.15) is 17.5 Å². The first-order chi connectivity index (χ1) is 8.79. The third-order valence-electron chi connectivity index (χ3n) is 3.43. The van der Waals surface area contributed by atoms with Gasteiger partial charge in [-0.2, -0.15) is 0 Å². The van der Waals surface area contributed by atoms with Crippen molar-refractivity contribution < 1.29 is 0 Å². The van der Waals surface area contributed by atoms with Gasteiger partial charge in [0.05, 0.1) is 0 Å². The summed E-state index contributed by atoms with van der Waals surface area (Å²) in [6, 6.07) is 8.76. The van der Waals surface area contributed by atoms with Gasteiger partial charge in [-0.05, 0) is 24.0 Å². The van der Waals surface area contributed by atoms with Crippen LogP contribution in [0, 0.1) is 0 Å². The van der Waals surface area contributed by atoms with E-state index in [1.54, 1.807) is 6.08 Å². The van der Waals surface area contributed by atoms with Crippen LogP contribution in [-0.2, 0) is 13.0 Å². The molecule has 2 rings (SSSR count). The molecule has 0 atom stereocenters. The molecule has 1 aromatic carbocycles. The van der Waals surface area contributed by atoms with E-state index in [4.69, 9.17) is 0 Å². The first-order valence-corrected chi connectivity index (χ1v) is 6.55. The molecule has 1 heterocycles. The lowest BCUT2D eigenvalue weighted by molar-refractivity contribution is 0.258. The fourth-order valence-corrected chi connectivity index (χ4v) is 2.33. The second-order valence-electron chi connectivity index (χ2n) is 4.80. The molecular weight excluding hydrogens is 218 g/mol. The van der Waals surface area contributed by atoms with Crippen molar-refractivity contribution in [3.8, 4) is 0 Å². The van der Waals surface area contributed by atoms with Gasteiger partial charge in [0.25, 0.3) is 0 Å². The van der Waals surface area contributed by atoms with E-state index < -0.39 is 0 Å². The highest BCUT2D eigenvalue weighted by Gasteiger charge is 2.14. The van der Waals surface area contributed by atoms with Gasteiger partial charge in [-0.25, -0.2) is 0 Å². The molecule has 0 aliphatic carbocycles. The molecule has 0 bridgehead atoms. The highest BCUT2D eigenvalue weighted by molar-refractivity contribution is 5.29. The Labute approximate surface area is 110 Å². The largest absolute Gasteiger partial charge is 0.298 e. The minimum atomic E-state index is 1.03. The van der Waals surface area contributed by atoms with Crippen molar-refractivity contribution in [2.75, 3.05) is 13.1 Å². The Bertz CT molecular complexity index is 456. The van der Waals surface area contributed by atoms with Gasteiger partial charge in [0.1, 0.15) is 0 Å². The summed E-state index contributed by atoms with van der Waals surface area (Å²) in [4.78, 5) is 2.51. The van der Waals surface area contributed by atoms with Gasteiger partial charge >= 0.3 is 0 Å². The molecule has 1 nitrogen and oxygen atoms in total. The van der Waals surface area contributed by atoms with Crippen LogP contribution < -0.4 is 0 Å². The summed E-state index contributed by atoms with van der Waals surface area (Å²) in [6.45, 7) is 11.1. The van der Waals surface area contributed by atoms with E-state index >= 15 is 0 Å². The smallest absolute Gasteiger partial charge is 0.0236 e. The van der Waals surface area contributed by atoms with Gasteiger partial charge in [0, 0.05) is 19.6 Å². The Morgan fingerprint density at radius 2 is 2.06 bits per heavy atom. The van der Waals surface area contributed by atoms with Crippen molar-refractivity contribution in [3.05, 3.63) is 72.4 Å². The van der Waals surface area contributed by atoms with Crippen molar-refractivity contribution >= 4 is 0 Å². The molecule has 0 amide bonds. The zero-order chi connectivity index (χ0) is 12.8. The quantitative estimate of drug-likeness (QED) is 0.708. The van der Waals surface area contributed by atoms with Crippen molar-refractivity contribution in [2.24, 2.45) is 0 Å². The average Bonchev–Trinajstić information content (AvgIpc) is 2.42. The average molecular weight is 239 g/mol. The van der Waals surface area contributed by atoms with Crippen LogP contribution in [0.4, 0.5) is 0 Å². The molecule has 0 saturated heterocycles. The fraction of sp³-hybridized carbons (Fsp3) is 0.294. The van der Waals surface area contributed by atoms with Gasteiger partial charge < -0.3 is 0 Å². The Balaban J connectivity index is 1.85. The topological polar surface area (TPSA) is 3.24 Å². The number of allylic oxidation sites excluding steroid dienone is 3. The number of hydrogen-bond donors (Lipinski definition) is 0. The monoisotopic (exact) mass is 239 g/mol. The van der Waals surface area contributed by atoms with E-state index in [0.717, 1.165) is 26.1 Å². The molecule has 0 N–H and O–H groups in total. The molecule has 0 fully saturated rings. The van der Waals surface area contributed by atoms with Crippen LogP contribution in [0.2, 0.25) is 0 Å². The van der Waals surface area contributed by atoms with Gasteiger partial charge in [0.2, 0.25) is 0 Å². The van der Waals surface area contributed by atoms with Gasteiger partial charge in [-0.15, -0.1) is 0 Å². The maximum absolute atomic E-state index is 4.06. The molecule has 1 aliphatic rings. The Hall–Kier alpha value is -1.60. The van der Waals surface area contributed by atoms with Crippen LogP contribution in [0.15, 0.2) is 61.2 Å². The SMILES string of the molecule is C=CC=CC(=C)CCN1CCc2ccccc2C1. The van der Waals surface area contributed by atoms with Crippen LogP contribution in [0.3, 0.4) is 0 Å². The van der Waals surface area contributed by atoms with Gasteiger partial charge in [-0.1, -0.05) is 61.2 Å². The van der Waals surface area contributed by atoms with Gasteiger partial charge in [0.15, 0.2) is 0 Å². The Morgan fingerprint density at radius 3 is 2.83 bits per heavy atom. The van der Waals surface area contributed by atoms with E-state index in [0.29, 0.717) is 0 Å². The van der Waals surface area contributed by atoms with Crippen molar-refractivity contribution in [2.45, 2.75) is 19.4 Å². The predicted octanol–water partition coefficient (Wildman–Crippen LogP) is 3.73. The van der Waals surface area contributed by atoms with Crippen LogP contribution in [0.5, 0.6) is 0 Å². The van der Waals surface area contributed by atoms with E-state index in [1.807, 2.05) is 12.2 Å². The maximum atomic E-state index is 4.06. The maximum Gasteiger partial charge on any atom is 0.0236 e. The molecule has 1 aliphatic heterocycles. The Morgan fingerprint density at radius 1 is 1.28 bits per heavy atom. The molecule has 94 valence electrons. The number of rotatable bonds is 5.